The third-order valence-electron chi connectivity index (χ3n) is 2.69. The van der Waals surface area contributed by atoms with Gasteiger partial charge in [-0.05, 0) is 12.5 Å². The minimum absolute atomic E-state index is 0.00315. The molecule has 78 valence electrons. The van der Waals surface area contributed by atoms with E-state index in [0.717, 1.165) is 12.3 Å². The molecule has 0 radical (unpaired) electrons. The van der Waals surface area contributed by atoms with Gasteiger partial charge in [-0.3, -0.25) is 4.90 Å². The molecule has 0 aliphatic carbocycles. The summed E-state index contributed by atoms with van der Waals surface area (Å²) in [7, 11) is 2.11. The highest BCUT2D eigenvalue weighted by Crippen LogP contribution is 2.28. The first kappa shape index (κ1) is 11.3. The quantitative estimate of drug-likeness (QED) is 0.697. The Labute approximate surface area is 85.7 Å². The van der Waals surface area contributed by atoms with Crippen LogP contribution in [0.5, 0.6) is 0 Å². The van der Waals surface area contributed by atoms with E-state index in [4.69, 9.17) is 0 Å². The van der Waals surface area contributed by atoms with Gasteiger partial charge in [0.25, 0.3) is 0 Å². The molecule has 13 heavy (non-hydrogen) atoms. The largest absolute Gasteiger partial charge is 0.391 e. The smallest absolute Gasteiger partial charge is 0.0751 e. The van der Waals surface area contributed by atoms with Crippen LogP contribution in [0, 0.1) is 5.41 Å². The number of likely N-dealkylation sites (N-methyl/N-ethyl adjacent to an activating group) is 1. The normalized spacial score (nSPS) is 28.8. The van der Waals surface area contributed by atoms with Crippen molar-refractivity contribution in [3.05, 3.63) is 0 Å². The van der Waals surface area contributed by atoms with Gasteiger partial charge in [-0.2, -0.15) is 11.8 Å². The molecule has 1 aliphatic heterocycles. The summed E-state index contributed by atoms with van der Waals surface area (Å²) in [5.74, 6) is 2.26. The van der Waals surface area contributed by atoms with Crippen LogP contribution in [0.1, 0.15) is 20.8 Å². The summed E-state index contributed by atoms with van der Waals surface area (Å²) in [6.07, 6.45) is -0.217. The van der Waals surface area contributed by atoms with Crippen LogP contribution in [0.4, 0.5) is 0 Å². The van der Waals surface area contributed by atoms with Crippen molar-refractivity contribution < 1.29 is 5.11 Å². The van der Waals surface area contributed by atoms with Crippen molar-refractivity contribution in [2.75, 3.05) is 25.1 Å². The molecule has 0 amide bonds. The highest BCUT2D eigenvalue weighted by atomic mass is 32.2. The predicted octanol–water partition coefficient (Wildman–Crippen LogP) is 1.44. The van der Waals surface area contributed by atoms with Gasteiger partial charge in [0.15, 0.2) is 0 Å². The third-order valence-corrected chi connectivity index (χ3v) is 3.74. The minimum atomic E-state index is -0.217. The third kappa shape index (κ3) is 2.86. The Morgan fingerprint density at radius 1 is 1.46 bits per heavy atom. The Hall–Kier alpha value is 0.270. The highest BCUT2D eigenvalue weighted by Gasteiger charge is 2.34. The zero-order valence-corrected chi connectivity index (χ0v) is 9.90. The first-order chi connectivity index (χ1) is 5.93. The van der Waals surface area contributed by atoms with Gasteiger partial charge in [-0.25, -0.2) is 0 Å². The minimum Gasteiger partial charge on any atom is -0.391 e. The number of hydrogen-bond donors (Lipinski definition) is 1. The molecular formula is C10H21NOS. The summed E-state index contributed by atoms with van der Waals surface area (Å²) >= 11 is 1.95. The Kier molecular flexibility index (Phi) is 3.66. The van der Waals surface area contributed by atoms with Gasteiger partial charge >= 0.3 is 0 Å². The van der Waals surface area contributed by atoms with Crippen LogP contribution in [0.15, 0.2) is 0 Å². The fourth-order valence-corrected chi connectivity index (χ4v) is 2.88. The van der Waals surface area contributed by atoms with Crippen molar-refractivity contribution >= 4 is 11.8 Å². The SMILES string of the molecule is CN1CCSCC1C(O)C(C)(C)C. The van der Waals surface area contributed by atoms with Crippen LogP contribution in [-0.2, 0) is 0 Å². The Balaban J connectivity index is 2.58. The van der Waals surface area contributed by atoms with Crippen molar-refractivity contribution in [3.8, 4) is 0 Å². The van der Waals surface area contributed by atoms with E-state index >= 15 is 0 Å². The van der Waals surface area contributed by atoms with E-state index in [1.807, 2.05) is 11.8 Å². The molecule has 2 nitrogen and oxygen atoms in total. The van der Waals surface area contributed by atoms with Crippen molar-refractivity contribution in [2.45, 2.75) is 32.9 Å². The summed E-state index contributed by atoms with van der Waals surface area (Å²) in [6.45, 7) is 7.41. The van der Waals surface area contributed by atoms with Gasteiger partial charge in [0.05, 0.1) is 6.10 Å². The standard InChI is InChI=1S/C10H21NOS/c1-10(2,3)9(12)8-7-13-6-5-11(8)4/h8-9,12H,5-7H2,1-4H3. The maximum atomic E-state index is 10.1. The zero-order chi connectivity index (χ0) is 10.1. The molecule has 1 fully saturated rings. The van der Waals surface area contributed by atoms with Crippen LogP contribution in [0.25, 0.3) is 0 Å². The predicted molar refractivity (Wildman–Crippen MR) is 59.2 cm³/mol. The summed E-state index contributed by atoms with van der Waals surface area (Å²) in [5, 5.41) is 10.1. The molecular weight excluding hydrogens is 182 g/mol. The van der Waals surface area contributed by atoms with E-state index in [1.165, 1.54) is 5.75 Å². The lowest BCUT2D eigenvalue weighted by molar-refractivity contribution is -0.00230. The van der Waals surface area contributed by atoms with E-state index in [2.05, 4.69) is 32.7 Å². The molecule has 0 aromatic heterocycles. The Morgan fingerprint density at radius 3 is 2.54 bits per heavy atom. The second-order valence-corrected chi connectivity index (χ2v) is 6.08. The van der Waals surface area contributed by atoms with Crippen LogP contribution in [0.3, 0.4) is 0 Å². The maximum Gasteiger partial charge on any atom is 0.0751 e. The molecule has 1 rings (SSSR count). The lowest BCUT2D eigenvalue weighted by atomic mass is 9.84. The van der Waals surface area contributed by atoms with Gasteiger partial charge in [0.1, 0.15) is 0 Å². The molecule has 0 spiro atoms. The van der Waals surface area contributed by atoms with Crippen LogP contribution >= 0.6 is 11.8 Å². The fraction of sp³-hybridized carbons (Fsp3) is 1.00. The van der Waals surface area contributed by atoms with Crippen LogP contribution < -0.4 is 0 Å². The van der Waals surface area contributed by atoms with Crippen molar-refractivity contribution in [3.63, 3.8) is 0 Å². The van der Waals surface area contributed by atoms with Gasteiger partial charge in [-0.15, -0.1) is 0 Å². The second-order valence-electron chi connectivity index (χ2n) is 4.93. The molecule has 0 aromatic carbocycles. The molecule has 1 saturated heterocycles. The molecule has 1 N–H and O–H groups in total. The average molecular weight is 203 g/mol. The number of rotatable bonds is 1. The summed E-state index contributed by atoms with van der Waals surface area (Å²) in [4.78, 5) is 2.28. The monoisotopic (exact) mass is 203 g/mol. The van der Waals surface area contributed by atoms with E-state index in [9.17, 15) is 5.11 Å². The highest BCUT2D eigenvalue weighted by molar-refractivity contribution is 7.99. The zero-order valence-electron chi connectivity index (χ0n) is 9.08. The second kappa shape index (κ2) is 4.20. The molecule has 0 bridgehead atoms. The number of aliphatic hydroxyl groups excluding tert-OH is 1. The number of nitrogens with zero attached hydrogens (tertiary/aromatic N) is 1. The first-order valence-corrected chi connectivity index (χ1v) is 6.04. The number of thioether (sulfide) groups is 1. The molecule has 0 saturated carbocycles. The van der Waals surface area contributed by atoms with E-state index in [0.29, 0.717) is 6.04 Å². The van der Waals surface area contributed by atoms with Gasteiger partial charge < -0.3 is 5.11 Å². The van der Waals surface area contributed by atoms with Crippen molar-refractivity contribution in [2.24, 2.45) is 5.41 Å². The fourth-order valence-electron chi connectivity index (χ4n) is 1.62. The maximum absolute atomic E-state index is 10.1. The van der Waals surface area contributed by atoms with E-state index in [-0.39, 0.29) is 11.5 Å². The average Bonchev–Trinajstić information content (AvgIpc) is 2.02. The number of aliphatic hydroxyl groups is 1. The van der Waals surface area contributed by atoms with Gasteiger partial charge in [0.2, 0.25) is 0 Å². The Morgan fingerprint density at radius 2 is 2.08 bits per heavy atom. The molecule has 2 atom stereocenters. The van der Waals surface area contributed by atoms with Crippen molar-refractivity contribution in [1.29, 1.82) is 0 Å². The molecule has 1 aliphatic rings. The van der Waals surface area contributed by atoms with Crippen molar-refractivity contribution in [1.82, 2.24) is 4.90 Å². The van der Waals surface area contributed by atoms with E-state index < -0.39 is 0 Å². The number of hydrogen-bond acceptors (Lipinski definition) is 3. The van der Waals surface area contributed by atoms with Gasteiger partial charge in [0, 0.05) is 24.1 Å². The summed E-state index contributed by atoms with van der Waals surface area (Å²) in [5.41, 5.74) is -0.00315. The molecule has 2 unspecified atom stereocenters. The first-order valence-electron chi connectivity index (χ1n) is 4.89. The molecule has 0 aromatic rings. The Bertz CT molecular complexity index is 167. The van der Waals surface area contributed by atoms with Gasteiger partial charge in [-0.1, -0.05) is 20.8 Å². The summed E-state index contributed by atoms with van der Waals surface area (Å²) < 4.78 is 0. The molecule has 3 heteroatoms. The molecule has 1 heterocycles. The summed E-state index contributed by atoms with van der Waals surface area (Å²) in [6, 6.07) is 0.332. The van der Waals surface area contributed by atoms with Crippen LogP contribution in [-0.4, -0.2) is 47.3 Å². The topological polar surface area (TPSA) is 23.5 Å². The van der Waals surface area contributed by atoms with Crippen LogP contribution in [0.2, 0.25) is 0 Å². The van der Waals surface area contributed by atoms with E-state index in [1.54, 1.807) is 0 Å². The lowest BCUT2D eigenvalue weighted by Crippen LogP contribution is -2.51. The lowest BCUT2D eigenvalue weighted by Gasteiger charge is -2.40.